The molecule has 0 atom stereocenters. The molecule has 23 heavy (non-hydrogen) atoms. The number of aryl methyl sites for hydroxylation is 1. The number of benzene rings is 2. The number of nitrogens with zero attached hydrogens (tertiary/aromatic N) is 1. The molecular formula is C16H15N3O4. The Morgan fingerprint density at radius 1 is 1.04 bits per heavy atom. The van der Waals surface area contributed by atoms with Crippen LogP contribution in [0.5, 0.6) is 0 Å². The molecule has 0 radical (unpaired) electrons. The summed E-state index contributed by atoms with van der Waals surface area (Å²) in [6, 6.07) is 10.9. The van der Waals surface area contributed by atoms with Gasteiger partial charge in [0, 0.05) is 24.1 Å². The van der Waals surface area contributed by atoms with Gasteiger partial charge in [0.05, 0.1) is 16.3 Å². The summed E-state index contributed by atoms with van der Waals surface area (Å²) in [5.74, 6) is -0.668. The lowest BCUT2D eigenvalue weighted by Gasteiger charge is -2.11. The van der Waals surface area contributed by atoms with Gasteiger partial charge < -0.3 is 10.6 Å². The van der Waals surface area contributed by atoms with Gasteiger partial charge in [-0.2, -0.15) is 0 Å². The molecule has 0 saturated carbocycles. The van der Waals surface area contributed by atoms with Crippen molar-refractivity contribution in [2.45, 2.75) is 13.8 Å². The molecule has 2 aromatic rings. The summed E-state index contributed by atoms with van der Waals surface area (Å²) < 4.78 is 0. The third-order valence-corrected chi connectivity index (χ3v) is 3.14. The number of carbonyl (C=O) groups is 2. The van der Waals surface area contributed by atoms with Gasteiger partial charge in [-0.05, 0) is 31.2 Å². The topological polar surface area (TPSA) is 101 Å². The predicted molar refractivity (Wildman–Crippen MR) is 86.5 cm³/mol. The summed E-state index contributed by atoms with van der Waals surface area (Å²) >= 11 is 0. The van der Waals surface area contributed by atoms with Crippen LogP contribution in [0.2, 0.25) is 0 Å². The van der Waals surface area contributed by atoms with Crippen molar-refractivity contribution in [2.75, 3.05) is 10.6 Å². The second-order valence-corrected chi connectivity index (χ2v) is 4.94. The van der Waals surface area contributed by atoms with Crippen LogP contribution in [0.15, 0.2) is 42.5 Å². The first kappa shape index (κ1) is 16.2. The van der Waals surface area contributed by atoms with Gasteiger partial charge in [-0.15, -0.1) is 0 Å². The number of nitro benzene ring substituents is 1. The summed E-state index contributed by atoms with van der Waals surface area (Å²) in [4.78, 5) is 33.8. The Labute approximate surface area is 132 Å². The molecule has 118 valence electrons. The van der Waals surface area contributed by atoms with E-state index in [0.29, 0.717) is 22.5 Å². The second-order valence-electron chi connectivity index (χ2n) is 4.94. The van der Waals surface area contributed by atoms with Gasteiger partial charge in [-0.25, -0.2) is 0 Å². The highest BCUT2D eigenvalue weighted by atomic mass is 16.6. The van der Waals surface area contributed by atoms with Crippen LogP contribution in [0.4, 0.5) is 17.1 Å². The fourth-order valence-corrected chi connectivity index (χ4v) is 2.09. The Bertz CT molecular complexity index is 787. The average Bonchev–Trinajstić information content (AvgIpc) is 2.48. The number of amides is 2. The normalized spacial score (nSPS) is 10.0. The van der Waals surface area contributed by atoms with Crippen LogP contribution in [0.1, 0.15) is 22.8 Å². The van der Waals surface area contributed by atoms with Gasteiger partial charge in [-0.3, -0.25) is 19.7 Å². The average molecular weight is 313 g/mol. The Kier molecular flexibility index (Phi) is 4.70. The third kappa shape index (κ3) is 3.91. The Morgan fingerprint density at radius 3 is 2.17 bits per heavy atom. The van der Waals surface area contributed by atoms with Crippen molar-refractivity contribution < 1.29 is 14.5 Å². The van der Waals surface area contributed by atoms with Crippen LogP contribution < -0.4 is 10.6 Å². The quantitative estimate of drug-likeness (QED) is 0.668. The van der Waals surface area contributed by atoms with Crippen LogP contribution in [-0.2, 0) is 4.79 Å². The molecule has 2 aromatic carbocycles. The Hall–Kier alpha value is -3.22. The van der Waals surface area contributed by atoms with E-state index < -0.39 is 10.8 Å². The monoisotopic (exact) mass is 313 g/mol. The molecule has 0 aliphatic heterocycles. The molecule has 0 unspecified atom stereocenters. The molecule has 0 saturated heterocycles. The number of para-hydroxylation sites is 2. The maximum Gasteiger partial charge on any atom is 0.272 e. The van der Waals surface area contributed by atoms with Crippen LogP contribution in [0.3, 0.4) is 0 Å². The van der Waals surface area contributed by atoms with E-state index in [1.807, 2.05) is 0 Å². The van der Waals surface area contributed by atoms with E-state index in [1.165, 1.54) is 25.1 Å². The van der Waals surface area contributed by atoms with Crippen LogP contribution in [-0.4, -0.2) is 16.7 Å². The third-order valence-electron chi connectivity index (χ3n) is 3.14. The maximum absolute atomic E-state index is 12.3. The fourth-order valence-electron chi connectivity index (χ4n) is 2.09. The first-order valence-electron chi connectivity index (χ1n) is 6.81. The molecule has 7 heteroatoms. The standard InChI is InChI=1S/C16H15N3O4/c1-10-9-12(7-8-15(10)19(22)23)16(21)18-14-6-4-3-5-13(14)17-11(2)20/h3-9H,1-2H3,(H,17,20)(H,18,21). The minimum atomic E-state index is -0.497. The first-order chi connectivity index (χ1) is 10.9. The van der Waals surface area contributed by atoms with Crippen molar-refractivity contribution in [3.8, 4) is 0 Å². The number of anilines is 2. The first-order valence-corrected chi connectivity index (χ1v) is 6.81. The molecule has 0 bridgehead atoms. The highest BCUT2D eigenvalue weighted by Crippen LogP contribution is 2.23. The van der Waals surface area contributed by atoms with E-state index in [1.54, 1.807) is 31.2 Å². The summed E-state index contributed by atoms with van der Waals surface area (Å²) in [5, 5.41) is 16.1. The minimum absolute atomic E-state index is 0.0415. The van der Waals surface area contributed by atoms with Gasteiger partial charge in [-0.1, -0.05) is 12.1 Å². The smallest absolute Gasteiger partial charge is 0.272 e. The van der Waals surface area contributed by atoms with Gasteiger partial charge in [0.15, 0.2) is 0 Å². The molecular weight excluding hydrogens is 298 g/mol. The van der Waals surface area contributed by atoms with Gasteiger partial charge >= 0.3 is 0 Å². The highest BCUT2D eigenvalue weighted by Gasteiger charge is 2.15. The predicted octanol–water partition coefficient (Wildman–Crippen LogP) is 3.11. The molecule has 0 aliphatic carbocycles. The van der Waals surface area contributed by atoms with E-state index in [4.69, 9.17) is 0 Å². The summed E-state index contributed by atoms with van der Waals surface area (Å²) in [6.07, 6.45) is 0. The highest BCUT2D eigenvalue weighted by molar-refractivity contribution is 6.07. The zero-order valence-corrected chi connectivity index (χ0v) is 12.6. The van der Waals surface area contributed by atoms with Crippen molar-refractivity contribution in [3.05, 3.63) is 63.7 Å². The number of rotatable bonds is 4. The fraction of sp³-hybridized carbons (Fsp3) is 0.125. The number of hydrogen-bond acceptors (Lipinski definition) is 4. The summed E-state index contributed by atoms with van der Waals surface area (Å²) in [6.45, 7) is 2.94. The minimum Gasteiger partial charge on any atom is -0.325 e. The van der Waals surface area contributed by atoms with Crippen LogP contribution in [0, 0.1) is 17.0 Å². The number of nitro groups is 1. The number of carbonyl (C=O) groups excluding carboxylic acids is 2. The van der Waals surface area contributed by atoms with Crippen LogP contribution in [0.25, 0.3) is 0 Å². The van der Waals surface area contributed by atoms with Crippen molar-refractivity contribution in [2.24, 2.45) is 0 Å². The molecule has 0 heterocycles. The Balaban J connectivity index is 2.24. The number of hydrogen-bond donors (Lipinski definition) is 2. The van der Waals surface area contributed by atoms with E-state index in [0.717, 1.165) is 0 Å². The summed E-state index contributed by atoms with van der Waals surface area (Å²) in [5.41, 5.74) is 1.58. The summed E-state index contributed by atoms with van der Waals surface area (Å²) in [7, 11) is 0. The van der Waals surface area contributed by atoms with Crippen molar-refractivity contribution in [1.82, 2.24) is 0 Å². The van der Waals surface area contributed by atoms with E-state index in [9.17, 15) is 19.7 Å². The molecule has 0 aliphatic rings. The Morgan fingerprint density at radius 2 is 1.65 bits per heavy atom. The molecule has 2 amide bonds. The SMILES string of the molecule is CC(=O)Nc1ccccc1NC(=O)c1ccc([N+](=O)[O-])c(C)c1. The van der Waals surface area contributed by atoms with E-state index in [2.05, 4.69) is 10.6 Å². The zero-order chi connectivity index (χ0) is 17.0. The van der Waals surface area contributed by atoms with E-state index >= 15 is 0 Å². The molecule has 2 rings (SSSR count). The van der Waals surface area contributed by atoms with Crippen LogP contribution >= 0.6 is 0 Å². The lowest BCUT2D eigenvalue weighted by Crippen LogP contribution is -2.15. The molecule has 0 spiro atoms. The lowest BCUT2D eigenvalue weighted by molar-refractivity contribution is -0.385. The molecule has 0 fully saturated rings. The molecule has 2 N–H and O–H groups in total. The molecule has 7 nitrogen and oxygen atoms in total. The van der Waals surface area contributed by atoms with Crippen molar-refractivity contribution >= 4 is 28.9 Å². The lowest BCUT2D eigenvalue weighted by atomic mass is 10.1. The molecule has 0 aromatic heterocycles. The van der Waals surface area contributed by atoms with Crippen molar-refractivity contribution in [3.63, 3.8) is 0 Å². The second kappa shape index (κ2) is 6.69. The van der Waals surface area contributed by atoms with Gasteiger partial charge in [0.2, 0.25) is 5.91 Å². The zero-order valence-electron chi connectivity index (χ0n) is 12.6. The van der Waals surface area contributed by atoms with Crippen molar-refractivity contribution in [1.29, 1.82) is 0 Å². The van der Waals surface area contributed by atoms with E-state index in [-0.39, 0.29) is 11.6 Å². The number of nitrogens with one attached hydrogen (secondary N) is 2. The largest absolute Gasteiger partial charge is 0.325 e. The van der Waals surface area contributed by atoms with Gasteiger partial charge in [0.25, 0.3) is 11.6 Å². The maximum atomic E-state index is 12.3. The van der Waals surface area contributed by atoms with Gasteiger partial charge in [0.1, 0.15) is 0 Å².